The van der Waals surface area contributed by atoms with Gasteiger partial charge in [-0.3, -0.25) is 0 Å². The van der Waals surface area contributed by atoms with Crippen LogP contribution in [0, 0.1) is 6.92 Å². The van der Waals surface area contributed by atoms with Crippen LogP contribution >= 0.6 is 0 Å². The minimum Gasteiger partial charge on any atom is -0.313 e. The fourth-order valence-electron chi connectivity index (χ4n) is 8.85. The van der Waals surface area contributed by atoms with E-state index < -0.39 is 0 Å². The first-order valence-corrected chi connectivity index (χ1v) is 20.9. The Hall–Kier alpha value is -7.94. The Bertz CT molecular complexity index is 3170. The Morgan fingerprint density at radius 1 is 0.426 bits per heavy atom. The van der Waals surface area contributed by atoms with Gasteiger partial charge in [0.1, 0.15) is 0 Å². The maximum atomic E-state index is 3.93. The van der Waals surface area contributed by atoms with Crippen LogP contribution in [0.2, 0.25) is 0 Å². The summed E-state index contributed by atoms with van der Waals surface area (Å²) in [7, 11) is 0. The Morgan fingerprint density at radius 3 is 1.56 bits per heavy atom. The molecule has 10 aromatic rings. The molecule has 0 bridgehead atoms. The van der Waals surface area contributed by atoms with E-state index in [0.717, 1.165) is 28.3 Å². The van der Waals surface area contributed by atoms with Gasteiger partial charge in [0.25, 0.3) is 0 Å². The molecule has 0 N–H and O–H groups in total. The molecular weight excluding hydrogens is 737 g/mol. The Kier molecular flexibility index (Phi) is 10.0. The number of aromatic nitrogens is 1. The average Bonchev–Trinajstić information content (AvgIpc) is 3.63. The van der Waals surface area contributed by atoms with Crippen LogP contribution < -0.4 is 4.90 Å². The molecule has 0 radical (unpaired) electrons. The normalized spacial score (nSPS) is 11.4. The van der Waals surface area contributed by atoms with Gasteiger partial charge in [-0.2, -0.15) is 0 Å². The number of hydrogen-bond acceptors (Lipinski definition) is 1. The van der Waals surface area contributed by atoms with Gasteiger partial charge >= 0.3 is 0 Å². The van der Waals surface area contributed by atoms with Gasteiger partial charge in [-0.15, -0.1) is 0 Å². The number of hydrogen-bond donors (Lipinski definition) is 0. The minimum absolute atomic E-state index is 1.09. The molecule has 0 aliphatic heterocycles. The van der Waals surface area contributed by atoms with Crippen LogP contribution in [-0.2, 0) is 0 Å². The van der Waals surface area contributed by atoms with Crippen LogP contribution in [0.3, 0.4) is 0 Å². The predicted octanol–water partition coefficient (Wildman–Crippen LogP) is 16.4. The van der Waals surface area contributed by atoms with E-state index in [0.29, 0.717) is 0 Å². The lowest BCUT2D eigenvalue weighted by Gasteiger charge is -2.28. The minimum atomic E-state index is 1.09. The summed E-state index contributed by atoms with van der Waals surface area (Å²) in [5.74, 6) is 0. The number of allylic oxidation sites excluding steroid dienone is 2. The Morgan fingerprint density at radius 2 is 0.918 bits per heavy atom. The molecule has 10 rings (SSSR count). The number of nitrogens with zero attached hydrogens (tertiary/aromatic N) is 2. The van der Waals surface area contributed by atoms with Gasteiger partial charge < -0.3 is 9.47 Å². The van der Waals surface area contributed by atoms with Crippen LogP contribution in [0.5, 0.6) is 0 Å². The lowest BCUT2D eigenvalue weighted by atomic mass is 9.94. The van der Waals surface area contributed by atoms with E-state index in [1.165, 1.54) is 71.9 Å². The first-order chi connectivity index (χ1) is 30.2. The third-order valence-electron chi connectivity index (χ3n) is 11.8. The fraction of sp³-hybridized carbons (Fsp3) is 0.0169. The smallest absolute Gasteiger partial charge is 0.0615 e. The van der Waals surface area contributed by atoms with Gasteiger partial charge in [-0.05, 0) is 93.7 Å². The predicted molar refractivity (Wildman–Crippen MR) is 261 cm³/mol. The van der Waals surface area contributed by atoms with Crippen LogP contribution in [0.25, 0.3) is 77.9 Å². The summed E-state index contributed by atoms with van der Waals surface area (Å²) in [4.78, 5) is 2.38. The van der Waals surface area contributed by atoms with E-state index in [9.17, 15) is 0 Å². The van der Waals surface area contributed by atoms with Crippen molar-refractivity contribution in [1.82, 2.24) is 4.57 Å². The summed E-state index contributed by atoms with van der Waals surface area (Å²) >= 11 is 0. The second-order valence-corrected chi connectivity index (χ2v) is 15.4. The third-order valence-corrected chi connectivity index (χ3v) is 11.8. The van der Waals surface area contributed by atoms with E-state index in [1.54, 1.807) is 0 Å². The maximum Gasteiger partial charge on any atom is 0.0615 e. The molecule has 0 aliphatic rings. The number of fused-ring (bicyclic) bond motifs is 3. The second kappa shape index (κ2) is 16.4. The van der Waals surface area contributed by atoms with Crippen LogP contribution in [-0.4, -0.2) is 4.57 Å². The molecule has 0 amide bonds. The van der Waals surface area contributed by atoms with Gasteiger partial charge in [-0.1, -0.05) is 201 Å². The molecule has 0 fully saturated rings. The van der Waals surface area contributed by atoms with E-state index in [-0.39, 0.29) is 0 Å². The fourth-order valence-corrected chi connectivity index (χ4v) is 8.85. The number of rotatable bonds is 10. The summed E-state index contributed by atoms with van der Waals surface area (Å²) in [5.41, 5.74) is 17.5. The van der Waals surface area contributed by atoms with Crippen molar-refractivity contribution in [2.24, 2.45) is 0 Å². The molecule has 290 valence electrons. The van der Waals surface area contributed by atoms with Gasteiger partial charge in [0.05, 0.1) is 11.2 Å². The molecule has 0 spiro atoms. The lowest BCUT2D eigenvalue weighted by Crippen LogP contribution is -2.11. The molecule has 0 saturated carbocycles. The van der Waals surface area contributed by atoms with E-state index in [2.05, 4.69) is 247 Å². The summed E-state index contributed by atoms with van der Waals surface area (Å²) < 4.78 is 2.41. The highest BCUT2D eigenvalue weighted by Gasteiger charge is 2.19. The highest BCUT2D eigenvalue weighted by atomic mass is 15.1. The molecule has 2 heteroatoms. The zero-order valence-corrected chi connectivity index (χ0v) is 34.1. The average molecular weight is 781 g/mol. The quantitative estimate of drug-likeness (QED) is 0.126. The largest absolute Gasteiger partial charge is 0.313 e. The van der Waals surface area contributed by atoms with E-state index in [4.69, 9.17) is 0 Å². The van der Waals surface area contributed by atoms with Crippen LogP contribution in [0.1, 0.15) is 11.3 Å². The van der Waals surface area contributed by atoms with E-state index >= 15 is 0 Å². The molecule has 2 nitrogen and oxygen atoms in total. The van der Waals surface area contributed by atoms with Gasteiger partial charge in [-0.25, -0.2) is 0 Å². The third kappa shape index (κ3) is 7.05. The van der Waals surface area contributed by atoms with Crippen molar-refractivity contribution in [3.8, 4) is 50.2 Å². The molecule has 61 heavy (non-hydrogen) atoms. The molecular formula is C59H44N2. The number of benzene rings is 9. The first kappa shape index (κ1) is 37.3. The zero-order chi connectivity index (χ0) is 41.1. The van der Waals surface area contributed by atoms with Crippen molar-refractivity contribution in [2.75, 3.05) is 4.90 Å². The molecule has 9 aromatic carbocycles. The molecule has 1 heterocycles. The second-order valence-electron chi connectivity index (χ2n) is 15.4. The molecule has 1 aromatic heterocycles. The molecule has 0 atom stereocenters. The topological polar surface area (TPSA) is 8.17 Å². The Labute approximate surface area is 358 Å². The standard InChI is InChI=1S/C59H44N2/c1-3-4-22-52-42(2)60(59-56-26-12-11-21-46(56)34-41-57(52)59)49-37-30-47(31-38-49)53-23-13-14-24-54(53)48-32-39-51(40-33-48)61(50-35-28-44(29-36-50)43-17-7-5-8-18-43)58-27-16-15-25-55(58)45-19-9-6-10-20-45/h3-41H,1H2,2H3/b22-4-. The van der Waals surface area contributed by atoms with Gasteiger partial charge in [0, 0.05) is 44.7 Å². The summed E-state index contributed by atoms with van der Waals surface area (Å²) in [5, 5.41) is 3.71. The van der Waals surface area contributed by atoms with Crippen molar-refractivity contribution >= 4 is 44.8 Å². The molecule has 0 aliphatic carbocycles. The molecule has 0 saturated heterocycles. The molecule has 0 unspecified atom stereocenters. The highest BCUT2D eigenvalue weighted by molar-refractivity contribution is 6.10. The number of para-hydroxylation sites is 1. The van der Waals surface area contributed by atoms with Crippen molar-refractivity contribution in [1.29, 1.82) is 0 Å². The van der Waals surface area contributed by atoms with Gasteiger partial charge in [0.15, 0.2) is 0 Å². The monoisotopic (exact) mass is 780 g/mol. The van der Waals surface area contributed by atoms with E-state index in [1.807, 2.05) is 12.2 Å². The SMILES string of the molecule is C=C/C=C\c1c(C)n(-c2ccc(-c3ccccc3-c3ccc(N(c4ccc(-c5ccccc5)cc4)c4ccccc4-c4ccccc4)cc3)cc2)c2c1ccc1ccccc12. The summed E-state index contributed by atoms with van der Waals surface area (Å²) in [6, 6.07) is 78.8. The van der Waals surface area contributed by atoms with Gasteiger partial charge in [0.2, 0.25) is 0 Å². The Balaban J connectivity index is 1.03. The van der Waals surface area contributed by atoms with Crippen LogP contribution in [0.15, 0.2) is 237 Å². The summed E-state index contributed by atoms with van der Waals surface area (Å²) in [6.45, 7) is 6.15. The van der Waals surface area contributed by atoms with Crippen molar-refractivity contribution < 1.29 is 0 Å². The first-order valence-electron chi connectivity index (χ1n) is 20.9. The number of anilines is 3. The highest BCUT2D eigenvalue weighted by Crippen LogP contribution is 2.43. The maximum absolute atomic E-state index is 3.93. The summed E-state index contributed by atoms with van der Waals surface area (Å²) in [6.07, 6.45) is 6.04. The lowest BCUT2D eigenvalue weighted by molar-refractivity contribution is 1.05. The zero-order valence-electron chi connectivity index (χ0n) is 34.1. The van der Waals surface area contributed by atoms with Crippen molar-refractivity contribution in [2.45, 2.75) is 6.92 Å². The van der Waals surface area contributed by atoms with Crippen LogP contribution in [0.4, 0.5) is 17.1 Å². The van der Waals surface area contributed by atoms with Crippen molar-refractivity contribution in [3.63, 3.8) is 0 Å². The van der Waals surface area contributed by atoms with Crippen molar-refractivity contribution in [3.05, 3.63) is 248 Å².